The summed E-state index contributed by atoms with van der Waals surface area (Å²) in [6.07, 6.45) is 1.58. The second-order valence-corrected chi connectivity index (χ2v) is 4.51. The number of rotatable bonds is 7. The van der Waals surface area contributed by atoms with Crippen LogP contribution in [-0.2, 0) is 4.79 Å². The molecule has 0 saturated heterocycles. The van der Waals surface area contributed by atoms with Gasteiger partial charge in [0.1, 0.15) is 0 Å². The maximum absolute atomic E-state index is 11.9. The summed E-state index contributed by atoms with van der Waals surface area (Å²) in [5.41, 5.74) is 5.76. The second-order valence-electron chi connectivity index (χ2n) is 4.51. The largest absolute Gasteiger partial charge is 0.341 e. The quantitative estimate of drug-likeness (QED) is 0.714. The van der Waals surface area contributed by atoms with Crippen molar-refractivity contribution < 1.29 is 4.79 Å². The smallest absolute Gasteiger partial charge is 0.224 e. The van der Waals surface area contributed by atoms with Gasteiger partial charge in [-0.3, -0.25) is 4.79 Å². The fourth-order valence-electron chi connectivity index (χ4n) is 1.44. The van der Waals surface area contributed by atoms with Crippen LogP contribution in [0.25, 0.3) is 0 Å². The van der Waals surface area contributed by atoms with Gasteiger partial charge in [-0.2, -0.15) is 5.26 Å². The van der Waals surface area contributed by atoms with E-state index in [4.69, 9.17) is 11.0 Å². The number of nitrogens with zero attached hydrogens (tertiary/aromatic N) is 2. The van der Waals surface area contributed by atoms with Crippen LogP contribution in [0.2, 0.25) is 0 Å². The van der Waals surface area contributed by atoms with E-state index in [0.717, 1.165) is 6.42 Å². The summed E-state index contributed by atoms with van der Waals surface area (Å²) in [5.74, 6) is 0.485. The van der Waals surface area contributed by atoms with Crippen LogP contribution in [0, 0.1) is 17.2 Å². The first-order valence-electron chi connectivity index (χ1n) is 5.91. The summed E-state index contributed by atoms with van der Waals surface area (Å²) in [7, 11) is 0. The normalized spacial score (nSPS) is 12.2. The number of hydrogen-bond acceptors (Lipinski definition) is 3. The van der Waals surface area contributed by atoms with Crippen LogP contribution < -0.4 is 5.73 Å². The zero-order chi connectivity index (χ0) is 12.6. The van der Waals surface area contributed by atoms with Crippen molar-refractivity contribution in [1.82, 2.24) is 4.90 Å². The minimum atomic E-state index is -0.0655. The summed E-state index contributed by atoms with van der Waals surface area (Å²) >= 11 is 0. The van der Waals surface area contributed by atoms with Crippen molar-refractivity contribution in [2.24, 2.45) is 11.7 Å². The summed E-state index contributed by atoms with van der Waals surface area (Å²) in [6.45, 7) is 7.32. The van der Waals surface area contributed by atoms with Gasteiger partial charge in [0.05, 0.1) is 12.5 Å². The van der Waals surface area contributed by atoms with Gasteiger partial charge in [0, 0.05) is 25.6 Å². The summed E-state index contributed by atoms with van der Waals surface area (Å²) in [4.78, 5) is 13.6. The van der Waals surface area contributed by atoms with Crippen LogP contribution in [0.4, 0.5) is 0 Å². The Balaban J connectivity index is 4.26. The van der Waals surface area contributed by atoms with Gasteiger partial charge >= 0.3 is 0 Å². The van der Waals surface area contributed by atoms with E-state index in [-0.39, 0.29) is 11.9 Å². The topological polar surface area (TPSA) is 70.1 Å². The SMILES string of the molecule is CCC(N)CC(=O)N(CCC#N)CC(C)C. The van der Waals surface area contributed by atoms with Crippen molar-refractivity contribution in [3.8, 4) is 6.07 Å². The van der Waals surface area contributed by atoms with Crippen LogP contribution in [0.1, 0.15) is 40.0 Å². The summed E-state index contributed by atoms with van der Waals surface area (Å²) in [6, 6.07) is 2.00. The molecular weight excluding hydrogens is 202 g/mol. The van der Waals surface area contributed by atoms with E-state index in [9.17, 15) is 4.79 Å². The Morgan fingerprint density at radius 1 is 1.50 bits per heavy atom. The van der Waals surface area contributed by atoms with E-state index >= 15 is 0 Å². The third kappa shape index (κ3) is 6.41. The van der Waals surface area contributed by atoms with Crippen molar-refractivity contribution in [3.05, 3.63) is 0 Å². The molecule has 1 unspecified atom stereocenters. The van der Waals surface area contributed by atoms with Gasteiger partial charge in [-0.15, -0.1) is 0 Å². The zero-order valence-corrected chi connectivity index (χ0v) is 10.6. The molecule has 0 spiro atoms. The molecule has 0 radical (unpaired) electrons. The lowest BCUT2D eigenvalue weighted by Crippen LogP contribution is -2.38. The molecule has 1 amide bonds. The first-order chi connectivity index (χ1) is 7.51. The highest BCUT2D eigenvalue weighted by Gasteiger charge is 2.16. The second kappa shape index (κ2) is 8.12. The average Bonchev–Trinajstić information content (AvgIpc) is 2.23. The highest BCUT2D eigenvalue weighted by Crippen LogP contribution is 2.05. The molecule has 0 fully saturated rings. The van der Waals surface area contributed by atoms with Gasteiger partial charge in [0.15, 0.2) is 0 Å². The van der Waals surface area contributed by atoms with Crippen LogP contribution in [0.3, 0.4) is 0 Å². The van der Waals surface area contributed by atoms with Gasteiger partial charge in [0.2, 0.25) is 5.91 Å². The monoisotopic (exact) mass is 225 g/mol. The molecule has 1 atom stereocenters. The molecule has 0 aliphatic carbocycles. The summed E-state index contributed by atoms with van der Waals surface area (Å²) in [5, 5.41) is 8.55. The molecule has 0 heterocycles. The van der Waals surface area contributed by atoms with E-state index in [2.05, 4.69) is 19.9 Å². The molecule has 0 bridgehead atoms. The first-order valence-corrected chi connectivity index (χ1v) is 5.91. The molecular formula is C12H23N3O. The predicted octanol–water partition coefficient (Wildman–Crippen LogP) is 1.51. The predicted molar refractivity (Wildman–Crippen MR) is 64.5 cm³/mol. The molecule has 0 rings (SSSR count). The van der Waals surface area contributed by atoms with Gasteiger partial charge in [0.25, 0.3) is 0 Å². The Bertz CT molecular complexity index is 245. The Labute approximate surface area is 98.4 Å². The van der Waals surface area contributed by atoms with E-state index in [1.807, 2.05) is 6.92 Å². The fraction of sp³-hybridized carbons (Fsp3) is 0.833. The highest BCUT2D eigenvalue weighted by molar-refractivity contribution is 5.76. The minimum Gasteiger partial charge on any atom is -0.341 e. The molecule has 0 aromatic carbocycles. The molecule has 0 aliphatic rings. The highest BCUT2D eigenvalue weighted by atomic mass is 16.2. The fourth-order valence-corrected chi connectivity index (χ4v) is 1.44. The average molecular weight is 225 g/mol. The number of nitrogens with two attached hydrogens (primary N) is 1. The van der Waals surface area contributed by atoms with Crippen molar-refractivity contribution in [1.29, 1.82) is 5.26 Å². The van der Waals surface area contributed by atoms with Crippen molar-refractivity contribution in [2.45, 2.75) is 46.1 Å². The molecule has 4 nitrogen and oxygen atoms in total. The third-order valence-corrected chi connectivity index (χ3v) is 2.39. The third-order valence-electron chi connectivity index (χ3n) is 2.39. The number of amides is 1. The standard InChI is InChI=1S/C12H23N3O/c1-4-11(14)8-12(16)15(7-5-6-13)9-10(2)3/h10-11H,4-5,7-9,14H2,1-3H3. The van der Waals surface area contributed by atoms with Crippen LogP contribution in [0.5, 0.6) is 0 Å². The number of hydrogen-bond donors (Lipinski definition) is 1. The molecule has 4 heteroatoms. The van der Waals surface area contributed by atoms with Gasteiger partial charge in [-0.25, -0.2) is 0 Å². The van der Waals surface area contributed by atoms with Crippen LogP contribution in [-0.4, -0.2) is 29.9 Å². The Morgan fingerprint density at radius 3 is 2.56 bits per heavy atom. The zero-order valence-electron chi connectivity index (χ0n) is 10.6. The summed E-state index contributed by atoms with van der Waals surface area (Å²) < 4.78 is 0. The van der Waals surface area contributed by atoms with Crippen LogP contribution >= 0.6 is 0 Å². The number of carbonyl (C=O) groups is 1. The van der Waals surface area contributed by atoms with Crippen molar-refractivity contribution >= 4 is 5.91 Å². The molecule has 2 N–H and O–H groups in total. The molecule has 0 saturated carbocycles. The molecule has 0 aromatic heterocycles. The number of carbonyl (C=O) groups excluding carboxylic acids is 1. The van der Waals surface area contributed by atoms with Crippen molar-refractivity contribution in [3.63, 3.8) is 0 Å². The first kappa shape index (κ1) is 14.9. The lowest BCUT2D eigenvalue weighted by atomic mass is 10.1. The van der Waals surface area contributed by atoms with E-state index in [0.29, 0.717) is 31.8 Å². The lowest BCUT2D eigenvalue weighted by molar-refractivity contribution is -0.132. The molecule has 0 aromatic rings. The van der Waals surface area contributed by atoms with Gasteiger partial charge in [-0.1, -0.05) is 20.8 Å². The van der Waals surface area contributed by atoms with Crippen molar-refractivity contribution in [2.75, 3.05) is 13.1 Å². The Hall–Kier alpha value is -1.08. The maximum Gasteiger partial charge on any atom is 0.224 e. The Morgan fingerprint density at radius 2 is 2.12 bits per heavy atom. The van der Waals surface area contributed by atoms with Crippen LogP contribution in [0.15, 0.2) is 0 Å². The van der Waals surface area contributed by atoms with E-state index < -0.39 is 0 Å². The van der Waals surface area contributed by atoms with Gasteiger partial charge in [-0.05, 0) is 12.3 Å². The van der Waals surface area contributed by atoms with E-state index in [1.54, 1.807) is 4.90 Å². The minimum absolute atomic E-state index is 0.0655. The lowest BCUT2D eigenvalue weighted by Gasteiger charge is -2.24. The molecule has 0 aliphatic heterocycles. The molecule has 16 heavy (non-hydrogen) atoms. The maximum atomic E-state index is 11.9. The number of nitriles is 1. The van der Waals surface area contributed by atoms with Gasteiger partial charge < -0.3 is 10.6 Å². The molecule has 92 valence electrons. The van der Waals surface area contributed by atoms with E-state index in [1.165, 1.54) is 0 Å². The Kier molecular flexibility index (Phi) is 7.57.